The average molecular weight is 289 g/mol. The van der Waals surface area contributed by atoms with E-state index >= 15 is 0 Å². The van der Waals surface area contributed by atoms with Crippen LogP contribution in [0.1, 0.15) is 36.8 Å². The number of halogens is 1. The fraction of sp³-hybridized carbons (Fsp3) is 0.471. The Kier molecular flexibility index (Phi) is 4.06. The van der Waals surface area contributed by atoms with Crippen molar-refractivity contribution in [2.45, 2.75) is 38.3 Å². The number of aliphatic carboxylic acids is 1. The van der Waals surface area contributed by atoms with Crippen LogP contribution in [0.15, 0.2) is 24.3 Å². The highest BCUT2D eigenvalue weighted by atomic mass is 19.1. The summed E-state index contributed by atoms with van der Waals surface area (Å²) in [5.41, 5.74) is 1.67. The zero-order valence-electron chi connectivity index (χ0n) is 12.0. The van der Waals surface area contributed by atoms with Gasteiger partial charge in [0, 0.05) is 25.2 Å². The van der Waals surface area contributed by atoms with Crippen molar-refractivity contribution in [3.63, 3.8) is 0 Å². The van der Waals surface area contributed by atoms with E-state index in [2.05, 4.69) is 4.90 Å². The van der Waals surface area contributed by atoms with E-state index in [1.165, 1.54) is 43.9 Å². The van der Waals surface area contributed by atoms with E-state index in [0.717, 1.165) is 30.6 Å². The lowest BCUT2D eigenvalue weighted by Crippen LogP contribution is -2.28. The zero-order chi connectivity index (χ0) is 14.8. The molecule has 2 saturated carbocycles. The van der Waals surface area contributed by atoms with Crippen LogP contribution in [0, 0.1) is 11.7 Å². The van der Waals surface area contributed by atoms with Gasteiger partial charge in [0.2, 0.25) is 0 Å². The highest BCUT2D eigenvalue weighted by molar-refractivity contribution is 5.85. The van der Waals surface area contributed by atoms with Crippen molar-refractivity contribution >= 4 is 12.0 Å². The second kappa shape index (κ2) is 5.98. The van der Waals surface area contributed by atoms with Crippen LogP contribution in [0.5, 0.6) is 0 Å². The molecule has 2 aliphatic rings. The van der Waals surface area contributed by atoms with Crippen LogP contribution in [0.4, 0.5) is 4.39 Å². The van der Waals surface area contributed by atoms with Gasteiger partial charge in [0.15, 0.2) is 0 Å². The Labute approximate surface area is 124 Å². The van der Waals surface area contributed by atoms with E-state index in [0.29, 0.717) is 11.6 Å². The number of carbonyl (C=O) groups is 1. The van der Waals surface area contributed by atoms with Gasteiger partial charge in [-0.15, -0.1) is 0 Å². The number of hydrogen-bond donors (Lipinski definition) is 1. The van der Waals surface area contributed by atoms with Gasteiger partial charge in [-0.25, -0.2) is 9.18 Å². The van der Waals surface area contributed by atoms with E-state index in [1.807, 2.05) is 0 Å². The van der Waals surface area contributed by atoms with Crippen LogP contribution in [0.3, 0.4) is 0 Å². The molecular formula is C17H20FNO2. The fourth-order valence-electron chi connectivity index (χ4n) is 2.66. The number of benzene rings is 1. The summed E-state index contributed by atoms with van der Waals surface area (Å²) in [6.07, 6.45) is 7.68. The minimum atomic E-state index is -1.01. The van der Waals surface area contributed by atoms with Crippen LogP contribution in [-0.2, 0) is 11.3 Å². The molecule has 0 radical (unpaired) electrons. The standard InChI is InChI=1S/C17H20FNO2/c18-15-5-3-14(13(9-15)4-8-17(20)21)11-19(16-6-7-16)10-12-1-2-12/h3-5,8-9,12,16H,1-2,6-7,10-11H2,(H,20,21). The Bertz CT molecular complexity index is 562. The Morgan fingerprint density at radius 3 is 2.71 bits per heavy atom. The molecule has 3 nitrogen and oxygen atoms in total. The van der Waals surface area contributed by atoms with Gasteiger partial charge in [0.1, 0.15) is 5.82 Å². The molecule has 112 valence electrons. The Morgan fingerprint density at radius 1 is 1.33 bits per heavy atom. The first-order valence-electron chi connectivity index (χ1n) is 7.55. The molecule has 1 N–H and O–H groups in total. The van der Waals surface area contributed by atoms with Crippen LogP contribution < -0.4 is 0 Å². The van der Waals surface area contributed by atoms with Crippen molar-refractivity contribution in [3.8, 4) is 0 Å². The summed E-state index contributed by atoms with van der Waals surface area (Å²) >= 11 is 0. The van der Waals surface area contributed by atoms with E-state index in [4.69, 9.17) is 5.11 Å². The van der Waals surface area contributed by atoms with Gasteiger partial charge in [0.05, 0.1) is 0 Å². The monoisotopic (exact) mass is 289 g/mol. The molecule has 0 spiro atoms. The zero-order valence-corrected chi connectivity index (χ0v) is 12.0. The molecule has 0 saturated heterocycles. The predicted octanol–water partition coefficient (Wildman–Crippen LogP) is 3.30. The molecule has 0 unspecified atom stereocenters. The molecule has 2 aliphatic carbocycles. The molecule has 21 heavy (non-hydrogen) atoms. The Morgan fingerprint density at radius 2 is 2.10 bits per heavy atom. The SMILES string of the molecule is O=C(O)C=Cc1cc(F)ccc1CN(CC1CC1)C1CC1. The molecular weight excluding hydrogens is 269 g/mol. The lowest BCUT2D eigenvalue weighted by Gasteiger charge is -2.23. The predicted molar refractivity (Wildman–Crippen MR) is 79.2 cm³/mol. The second-order valence-electron chi connectivity index (χ2n) is 6.12. The van der Waals surface area contributed by atoms with E-state index in [9.17, 15) is 9.18 Å². The van der Waals surface area contributed by atoms with Gasteiger partial charge in [0.25, 0.3) is 0 Å². The van der Waals surface area contributed by atoms with E-state index < -0.39 is 5.97 Å². The summed E-state index contributed by atoms with van der Waals surface area (Å²) in [5, 5.41) is 8.75. The smallest absolute Gasteiger partial charge is 0.328 e. The summed E-state index contributed by atoms with van der Waals surface area (Å²) in [6.45, 7) is 1.89. The number of carboxylic acid groups (broad SMARTS) is 1. The van der Waals surface area contributed by atoms with Crippen molar-refractivity contribution in [2.24, 2.45) is 5.92 Å². The first kappa shape index (κ1) is 14.3. The molecule has 2 fully saturated rings. The first-order valence-corrected chi connectivity index (χ1v) is 7.55. The maximum Gasteiger partial charge on any atom is 0.328 e. The average Bonchev–Trinajstić information content (AvgIpc) is 3.30. The third-order valence-corrected chi connectivity index (χ3v) is 4.14. The summed E-state index contributed by atoms with van der Waals surface area (Å²) < 4.78 is 13.4. The lowest BCUT2D eigenvalue weighted by atomic mass is 10.1. The summed E-state index contributed by atoms with van der Waals surface area (Å²) in [6, 6.07) is 5.30. The molecule has 1 aromatic rings. The molecule has 3 rings (SSSR count). The van der Waals surface area contributed by atoms with Crippen LogP contribution in [0.25, 0.3) is 6.08 Å². The number of rotatable bonds is 7. The largest absolute Gasteiger partial charge is 0.478 e. The van der Waals surface area contributed by atoms with Gasteiger partial charge in [-0.2, -0.15) is 0 Å². The molecule has 0 amide bonds. The highest BCUT2D eigenvalue weighted by Crippen LogP contribution is 2.36. The van der Waals surface area contributed by atoms with Crippen LogP contribution >= 0.6 is 0 Å². The summed E-state index contributed by atoms with van der Waals surface area (Å²) in [4.78, 5) is 13.1. The van der Waals surface area contributed by atoms with Crippen molar-refractivity contribution in [1.29, 1.82) is 0 Å². The van der Waals surface area contributed by atoms with Crippen molar-refractivity contribution in [3.05, 3.63) is 41.2 Å². The second-order valence-corrected chi connectivity index (χ2v) is 6.12. The molecule has 0 heterocycles. The summed E-state index contributed by atoms with van der Waals surface area (Å²) in [5.74, 6) is -0.518. The molecule has 0 aliphatic heterocycles. The number of carboxylic acids is 1. The molecule has 0 atom stereocenters. The van der Waals surface area contributed by atoms with Gasteiger partial charge in [-0.05, 0) is 60.9 Å². The highest BCUT2D eigenvalue weighted by Gasteiger charge is 2.33. The van der Waals surface area contributed by atoms with Crippen LogP contribution in [-0.4, -0.2) is 28.6 Å². The van der Waals surface area contributed by atoms with Crippen molar-refractivity contribution in [2.75, 3.05) is 6.54 Å². The van der Waals surface area contributed by atoms with Crippen molar-refractivity contribution in [1.82, 2.24) is 4.90 Å². The van der Waals surface area contributed by atoms with Crippen LogP contribution in [0.2, 0.25) is 0 Å². The third-order valence-electron chi connectivity index (χ3n) is 4.14. The van der Waals surface area contributed by atoms with E-state index in [-0.39, 0.29) is 5.82 Å². The summed E-state index contributed by atoms with van der Waals surface area (Å²) in [7, 11) is 0. The molecule has 0 aromatic heterocycles. The van der Waals surface area contributed by atoms with Crippen molar-refractivity contribution < 1.29 is 14.3 Å². The molecule has 1 aromatic carbocycles. The molecule has 0 bridgehead atoms. The Hall–Kier alpha value is -1.68. The minimum Gasteiger partial charge on any atom is -0.478 e. The van der Waals surface area contributed by atoms with E-state index in [1.54, 1.807) is 6.07 Å². The quantitative estimate of drug-likeness (QED) is 0.783. The first-order chi connectivity index (χ1) is 10.1. The number of hydrogen-bond acceptors (Lipinski definition) is 2. The minimum absolute atomic E-state index is 0.330. The Balaban J connectivity index is 1.77. The maximum atomic E-state index is 13.4. The topological polar surface area (TPSA) is 40.5 Å². The van der Waals surface area contributed by atoms with Gasteiger partial charge < -0.3 is 5.11 Å². The third kappa shape index (κ3) is 4.14. The number of nitrogens with zero attached hydrogens (tertiary/aromatic N) is 1. The van der Waals surface area contributed by atoms with Gasteiger partial charge in [-0.1, -0.05) is 6.07 Å². The fourth-order valence-corrected chi connectivity index (χ4v) is 2.66. The lowest BCUT2D eigenvalue weighted by molar-refractivity contribution is -0.131. The van der Waals surface area contributed by atoms with Gasteiger partial charge >= 0.3 is 5.97 Å². The van der Waals surface area contributed by atoms with Gasteiger partial charge in [-0.3, -0.25) is 4.90 Å². The normalized spacial score (nSPS) is 18.6. The molecule has 4 heteroatoms. The maximum absolute atomic E-state index is 13.4.